The first-order valence-electron chi connectivity index (χ1n) is 14.4. The molecule has 3 heterocycles. The zero-order valence-corrected chi connectivity index (χ0v) is 26.1. The highest BCUT2D eigenvalue weighted by atomic mass is 19.1. The van der Waals surface area contributed by atoms with Crippen molar-refractivity contribution in [3.8, 4) is 0 Å². The lowest BCUT2D eigenvalue weighted by Gasteiger charge is -2.40. The maximum Gasteiger partial charge on any atom is 0.301 e. The van der Waals surface area contributed by atoms with Crippen LogP contribution in [0.3, 0.4) is 0 Å². The van der Waals surface area contributed by atoms with E-state index in [1.165, 1.54) is 34.5 Å². The Morgan fingerprint density at radius 2 is 1.77 bits per heavy atom. The van der Waals surface area contributed by atoms with Gasteiger partial charge in [0.05, 0.1) is 0 Å². The molecule has 3 rings (SSSR count). The molecule has 39 heavy (non-hydrogen) atoms. The summed E-state index contributed by atoms with van der Waals surface area (Å²) in [5.41, 5.74) is 8.77. The maximum atomic E-state index is 11.1. The van der Waals surface area contributed by atoms with Crippen LogP contribution in [0.1, 0.15) is 84.0 Å². The number of piperazine rings is 1. The Hall–Kier alpha value is -2.80. The third kappa shape index (κ3) is 11.9. The lowest BCUT2D eigenvalue weighted by atomic mass is 10.0. The van der Waals surface area contributed by atoms with Crippen LogP contribution in [0, 0.1) is 13.8 Å². The number of aromatic nitrogens is 2. The molecule has 1 saturated heterocycles. The SMILES string of the molecule is CC/C(C)=C(\C)N=c1ccc(C)cn1C.CCCC(=O)F.CCCc1c(N2CCN(C)C(C)C2)ccnc1C. The number of nitrogens with zero attached hydrogens (tertiary/aromatic N) is 5. The normalized spacial score (nSPS) is 16.5. The smallest absolute Gasteiger partial charge is 0.301 e. The minimum Gasteiger partial charge on any atom is -0.368 e. The molecule has 0 radical (unpaired) electrons. The van der Waals surface area contributed by atoms with Gasteiger partial charge < -0.3 is 14.4 Å². The van der Waals surface area contributed by atoms with Crippen LogP contribution in [-0.4, -0.2) is 53.2 Å². The van der Waals surface area contributed by atoms with E-state index in [9.17, 15) is 9.18 Å². The van der Waals surface area contributed by atoms with Crippen molar-refractivity contribution >= 4 is 11.7 Å². The van der Waals surface area contributed by atoms with E-state index in [-0.39, 0.29) is 6.42 Å². The number of rotatable bonds is 7. The Balaban J connectivity index is 0.000000328. The van der Waals surface area contributed by atoms with E-state index in [2.05, 4.69) is 104 Å². The van der Waals surface area contributed by atoms with Gasteiger partial charge in [-0.15, -0.1) is 0 Å². The van der Waals surface area contributed by atoms with Gasteiger partial charge in [-0.05, 0) is 84.2 Å². The second-order valence-electron chi connectivity index (χ2n) is 10.5. The molecule has 0 bridgehead atoms. The summed E-state index contributed by atoms with van der Waals surface area (Å²) in [5, 5.41) is 0. The molecule has 6 nitrogen and oxygen atoms in total. The molecule has 1 atom stereocenters. The summed E-state index contributed by atoms with van der Waals surface area (Å²) in [5.74, 6) is 0. The zero-order valence-electron chi connectivity index (χ0n) is 26.1. The van der Waals surface area contributed by atoms with Gasteiger partial charge >= 0.3 is 6.04 Å². The Morgan fingerprint density at radius 3 is 2.28 bits per heavy atom. The molecule has 1 aliphatic rings. The standard InChI is InChI=1S/C15H25N3.C13H20N2.C4H7FO/c1-5-6-14-13(3)16-8-7-15(14)18-10-9-17(4)12(2)11-18;1-6-11(3)12(4)14-13-8-7-10(2)9-15(13)5;1-2-3-4(5)6/h7-8,12H,5-6,9-11H2,1-4H3;7-9H,6H2,1-5H3;2-3H2,1H3/b;12-11+,14-13?;. The average molecular weight is 542 g/mol. The first-order chi connectivity index (χ1) is 18.4. The molecule has 2 aromatic rings. The van der Waals surface area contributed by atoms with Crippen LogP contribution < -0.4 is 10.4 Å². The highest BCUT2D eigenvalue weighted by Crippen LogP contribution is 2.25. The minimum atomic E-state index is -1.21. The number of allylic oxidation sites excluding steroid dienone is 2. The van der Waals surface area contributed by atoms with Crippen molar-refractivity contribution in [2.24, 2.45) is 12.0 Å². The van der Waals surface area contributed by atoms with Crippen LogP contribution in [0.25, 0.3) is 0 Å². The van der Waals surface area contributed by atoms with E-state index in [1.807, 2.05) is 13.2 Å². The van der Waals surface area contributed by atoms with Crippen LogP contribution in [-0.2, 0) is 18.3 Å². The summed E-state index contributed by atoms with van der Waals surface area (Å²) < 4.78 is 13.1. The molecular formula is C32H52FN5O. The monoisotopic (exact) mass is 541 g/mol. The highest BCUT2D eigenvalue weighted by Gasteiger charge is 2.22. The van der Waals surface area contributed by atoms with E-state index in [0.717, 1.165) is 43.7 Å². The number of likely N-dealkylation sites (N-methyl/N-ethyl adjacent to an activating group) is 1. The minimum absolute atomic E-state index is 0.0694. The highest BCUT2D eigenvalue weighted by molar-refractivity contribution is 5.67. The van der Waals surface area contributed by atoms with E-state index in [0.29, 0.717) is 12.5 Å². The van der Waals surface area contributed by atoms with Gasteiger partial charge in [-0.1, -0.05) is 38.8 Å². The van der Waals surface area contributed by atoms with E-state index < -0.39 is 6.04 Å². The number of pyridine rings is 2. The van der Waals surface area contributed by atoms with Gasteiger partial charge in [0.2, 0.25) is 0 Å². The average Bonchev–Trinajstić information content (AvgIpc) is 2.89. The van der Waals surface area contributed by atoms with Gasteiger partial charge in [0, 0.05) is 68.6 Å². The first kappa shape index (κ1) is 34.2. The summed E-state index contributed by atoms with van der Waals surface area (Å²) in [6, 6.07) is 5.75. The van der Waals surface area contributed by atoms with E-state index in [4.69, 9.17) is 0 Å². The molecule has 2 aromatic heterocycles. The number of aryl methyl sites for hydroxylation is 3. The second-order valence-corrected chi connectivity index (χ2v) is 10.5. The van der Waals surface area contributed by atoms with Crippen molar-refractivity contribution in [3.63, 3.8) is 0 Å². The van der Waals surface area contributed by atoms with E-state index in [1.54, 1.807) is 6.92 Å². The van der Waals surface area contributed by atoms with Crippen LogP contribution in [0.4, 0.5) is 10.1 Å². The van der Waals surface area contributed by atoms with Gasteiger partial charge in [-0.25, -0.2) is 4.99 Å². The zero-order chi connectivity index (χ0) is 29.5. The molecular weight excluding hydrogens is 489 g/mol. The summed E-state index contributed by atoms with van der Waals surface area (Å²) in [7, 11) is 4.24. The number of carbonyl (C=O) groups is 1. The second kappa shape index (κ2) is 17.7. The van der Waals surface area contributed by atoms with Crippen molar-refractivity contribution in [1.29, 1.82) is 0 Å². The molecule has 0 amide bonds. The third-order valence-electron chi connectivity index (χ3n) is 7.18. The van der Waals surface area contributed by atoms with Crippen LogP contribution in [0.15, 0.2) is 46.9 Å². The molecule has 0 aromatic carbocycles. The largest absolute Gasteiger partial charge is 0.368 e. The van der Waals surface area contributed by atoms with Crippen molar-refractivity contribution in [1.82, 2.24) is 14.5 Å². The molecule has 0 saturated carbocycles. The van der Waals surface area contributed by atoms with Gasteiger partial charge in [-0.3, -0.25) is 9.78 Å². The Kier molecular flexibility index (Phi) is 15.6. The fourth-order valence-corrected chi connectivity index (χ4v) is 4.28. The number of carbonyl (C=O) groups excluding carboxylic acids is 1. The summed E-state index contributed by atoms with van der Waals surface area (Å²) >= 11 is 0. The molecule has 1 aliphatic heterocycles. The molecule has 218 valence electrons. The molecule has 1 unspecified atom stereocenters. The van der Waals surface area contributed by atoms with Crippen molar-refractivity contribution < 1.29 is 9.18 Å². The van der Waals surface area contributed by atoms with Gasteiger partial charge in [-0.2, -0.15) is 4.39 Å². The van der Waals surface area contributed by atoms with Crippen molar-refractivity contribution in [2.75, 3.05) is 31.6 Å². The first-order valence-corrected chi connectivity index (χ1v) is 14.4. The molecule has 7 heteroatoms. The van der Waals surface area contributed by atoms with Crippen LogP contribution >= 0.6 is 0 Å². The number of anilines is 1. The Labute approximate surface area is 236 Å². The van der Waals surface area contributed by atoms with Gasteiger partial charge in [0.15, 0.2) is 0 Å². The number of hydrogen-bond acceptors (Lipinski definition) is 5. The van der Waals surface area contributed by atoms with E-state index >= 15 is 0 Å². The Morgan fingerprint density at radius 1 is 1.08 bits per heavy atom. The van der Waals surface area contributed by atoms with Crippen LogP contribution in [0.2, 0.25) is 0 Å². The third-order valence-corrected chi connectivity index (χ3v) is 7.18. The maximum absolute atomic E-state index is 11.1. The number of halogens is 1. The van der Waals surface area contributed by atoms with Crippen molar-refractivity contribution in [3.05, 3.63) is 64.2 Å². The molecule has 0 aliphatic carbocycles. The lowest BCUT2D eigenvalue weighted by molar-refractivity contribution is -0.129. The number of hydrogen-bond donors (Lipinski definition) is 0. The quantitative estimate of drug-likeness (QED) is 0.366. The molecule has 0 N–H and O–H groups in total. The summed E-state index contributed by atoms with van der Waals surface area (Å²) in [4.78, 5) is 23.4. The predicted octanol–water partition coefficient (Wildman–Crippen LogP) is 6.70. The summed E-state index contributed by atoms with van der Waals surface area (Å²) in [6.07, 6.45) is 8.10. The topological polar surface area (TPSA) is 53.7 Å². The predicted molar refractivity (Wildman–Crippen MR) is 163 cm³/mol. The van der Waals surface area contributed by atoms with Crippen LogP contribution in [0.5, 0.6) is 0 Å². The fraction of sp³-hybridized carbons (Fsp3) is 0.594. The van der Waals surface area contributed by atoms with Gasteiger partial charge in [0.25, 0.3) is 0 Å². The Bertz CT molecular complexity index is 1140. The van der Waals surface area contributed by atoms with Gasteiger partial charge in [0.1, 0.15) is 5.49 Å². The molecule has 1 fully saturated rings. The fourth-order valence-electron chi connectivity index (χ4n) is 4.28. The van der Waals surface area contributed by atoms with Crippen molar-refractivity contribution in [2.45, 2.75) is 93.5 Å². The summed E-state index contributed by atoms with van der Waals surface area (Å²) in [6.45, 7) is 20.3. The lowest BCUT2D eigenvalue weighted by Crippen LogP contribution is -2.50. The molecule has 0 spiro atoms.